The summed E-state index contributed by atoms with van der Waals surface area (Å²) in [5, 5.41) is 11.5. The van der Waals surface area contributed by atoms with Crippen molar-refractivity contribution in [2.24, 2.45) is 0 Å². The largest absolute Gasteiger partial charge is 0.478 e. The van der Waals surface area contributed by atoms with Crippen molar-refractivity contribution in [2.75, 3.05) is 0 Å². The van der Waals surface area contributed by atoms with Crippen LogP contribution in [0.15, 0.2) is 68.7 Å². The molecule has 5 heteroatoms. The van der Waals surface area contributed by atoms with Crippen LogP contribution in [-0.4, -0.2) is 16.1 Å². The third-order valence-corrected chi connectivity index (χ3v) is 5.29. The van der Waals surface area contributed by atoms with Crippen molar-refractivity contribution in [2.45, 2.75) is 30.1 Å². The number of hydrogen-bond donors (Lipinski definition) is 2. The first-order valence-corrected chi connectivity index (χ1v) is 9.14. The van der Waals surface area contributed by atoms with Crippen molar-refractivity contribution in [3.8, 4) is 0 Å². The first-order chi connectivity index (χ1) is 12.5. The maximum absolute atomic E-state index is 12.2. The predicted octanol–water partition coefficient (Wildman–Crippen LogP) is 4.87. The minimum absolute atomic E-state index is 0.209. The summed E-state index contributed by atoms with van der Waals surface area (Å²) >= 11 is 1.55. The maximum Gasteiger partial charge on any atom is 0.331 e. The highest BCUT2D eigenvalue weighted by molar-refractivity contribution is 7.99. The molecule has 0 unspecified atom stereocenters. The van der Waals surface area contributed by atoms with E-state index in [1.54, 1.807) is 24.8 Å². The molecule has 0 radical (unpaired) electrons. The number of pyridine rings is 1. The summed E-state index contributed by atoms with van der Waals surface area (Å²) in [4.78, 5) is 28.2. The van der Waals surface area contributed by atoms with Crippen molar-refractivity contribution in [1.29, 1.82) is 0 Å². The number of aromatic nitrogens is 1. The molecule has 0 fully saturated rings. The fourth-order valence-corrected chi connectivity index (χ4v) is 3.66. The summed E-state index contributed by atoms with van der Waals surface area (Å²) in [6.07, 6.45) is 1.81. The summed E-state index contributed by atoms with van der Waals surface area (Å²) in [5.41, 5.74) is 1.05. The van der Waals surface area contributed by atoms with Gasteiger partial charge in [-0.05, 0) is 48.4 Å². The van der Waals surface area contributed by atoms with E-state index in [0.717, 1.165) is 20.9 Å². The quantitative estimate of drug-likeness (QED) is 0.633. The molecule has 1 aromatic heterocycles. The lowest BCUT2D eigenvalue weighted by Crippen LogP contribution is -2.12. The molecule has 0 spiro atoms. The number of nitrogens with one attached hydrogen (secondary N) is 1. The summed E-state index contributed by atoms with van der Waals surface area (Å²) in [6.45, 7) is 3.60. The Morgan fingerprint density at radius 1 is 1.15 bits per heavy atom. The number of carboxylic acid groups (broad SMARTS) is 1. The second kappa shape index (κ2) is 7.62. The molecule has 3 aromatic rings. The van der Waals surface area contributed by atoms with Gasteiger partial charge in [-0.25, -0.2) is 4.79 Å². The molecule has 0 bridgehead atoms. The van der Waals surface area contributed by atoms with E-state index in [2.05, 4.69) is 29.2 Å². The molecular formula is C21H19NO3S. The van der Waals surface area contributed by atoms with Crippen LogP contribution < -0.4 is 5.56 Å². The lowest BCUT2D eigenvalue weighted by molar-refractivity contribution is -0.132. The van der Waals surface area contributed by atoms with E-state index in [-0.39, 0.29) is 11.1 Å². The average Bonchev–Trinajstić information content (AvgIpc) is 2.62. The number of aliphatic carboxylic acids is 1. The molecule has 4 nitrogen and oxygen atoms in total. The van der Waals surface area contributed by atoms with Crippen LogP contribution in [0.4, 0.5) is 0 Å². The van der Waals surface area contributed by atoms with Gasteiger partial charge in [0.2, 0.25) is 0 Å². The molecule has 0 aliphatic heterocycles. The van der Waals surface area contributed by atoms with Crippen LogP contribution in [-0.2, 0) is 4.79 Å². The van der Waals surface area contributed by atoms with E-state index in [4.69, 9.17) is 0 Å². The van der Waals surface area contributed by atoms with E-state index in [1.807, 2.05) is 25.1 Å². The SMILES string of the molecule is CC/C(=C\c1cc(Sc2ccc3ccccc3c2)c(C)[nH]c1=O)C(=O)O. The van der Waals surface area contributed by atoms with Crippen molar-refractivity contribution in [1.82, 2.24) is 4.98 Å². The molecule has 3 rings (SSSR count). The lowest BCUT2D eigenvalue weighted by atomic mass is 10.1. The Morgan fingerprint density at radius 3 is 2.58 bits per heavy atom. The summed E-state index contributed by atoms with van der Waals surface area (Å²) < 4.78 is 0. The van der Waals surface area contributed by atoms with Gasteiger partial charge in [0.1, 0.15) is 0 Å². The van der Waals surface area contributed by atoms with Crippen molar-refractivity contribution in [3.63, 3.8) is 0 Å². The van der Waals surface area contributed by atoms with Crippen LogP contribution in [0.25, 0.3) is 16.8 Å². The van der Waals surface area contributed by atoms with Crippen LogP contribution >= 0.6 is 11.8 Å². The molecule has 0 atom stereocenters. The number of hydrogen-bond acceptors (Lipinski definition) is 3. The van der Waals surface area contributed by atoms with Gasteiger partial charge in [0.25, 0.3) is 5.56 Å². The average molecular weight is 365 g/mol. The van der Waals surface area contributed by atoms with Crippen LogP contribution in [0.5, 0.6) is 0 Å². The highest BCUT2D eigenvalue weighted by Crippen LogP contribution is 2.32. The van der Waals surface area contributed by atoms with E-state index >= 15 is 0 Å². The summed E-state index contributed by atoms with van der Waals surface area (Å²) in [7, 11) is 0. The van der Waals surface area contributed by atoms with Gasteiger partial charge in [-0.1, -0.05) is 49.0 Å². The first kappa shape index (κ1) is 18.0. The molecule has 2 N–H and O–H groups in total. The number of aryl methyl sites for hydroxylation is 1. The maximum atomic E-state index is 12.2. The molecule has 1 heterocycles. The Labute approximate surface area is 155 Å². The van der Waals surface area contributed by atoms with Crippen LogP contribution in [0, 0.1) is 6.92 Å². The second-order valence-electron chi connectivity index (χ2n) is 5.98. The number of carboxylic acids is 1. The number of aromatic amines is 1. The van der Waals surface area contributed by atoms with E-state index < -0.39 is 5.97 Å². The van der Waals surface area contributed by atoms with Gasteiger partial charge in [0.15, 0.2) is 0 Å². The zero-order chi connectivity index (χ0) is 18.7. The van der Waals surface area contributed by atoms with E-state index in [1.165, 1.54) is 11.5 Å². The lowest BCUT2D eigenvalue weighted by Gasteiger charge is -2.08. The fourth-order valence-electron chi connectivity index (χ4n) is 2.69. The molecule has 0 amide bonds. The third kappa shape index (κ3) is 3.89. The molecule has 0 aliphatic rings. The Balaban J connectivity index is 2.00. The van der Waals surface area contributed by atoms with Gasteiger partial charge in [0, 0.05) is 26.6 Å². The Hall–Kier alpha value is -2.79. The van der Waals surface area contributed by atoms with Crippen LogP contribution in [0.3, 0.4) is 0 Å². The topological polar surface area (TPSA) is 70.2 Å². The van der Waals surface area contributed by atoms with Gasteiger partial charge in [0.05, 0.1) is 0 Å². The minimum atomic E-state index is -1.00. The first-order valence-electron chi connectivity index (χ1n) is 8.32. The predicted molar refractivity (Wildman–Crippen MR) is 106 cm³/mol. The molecule has 132 valence electrons. The van der Waals surface area contributed by atoms with Crippen molar-refractivity contribution >= 4 is 34.6 Å². The second-order valence-corrected chi connectivity index (χ2v) is 7.10. The standard InChI is InChI=1S/C21H19NO3S/c1-3-14(21(24)25)10-17-12-19(13(2)22-20(17)23)26-18-9-8-15-6-4-5-7-16(15)11-18/h4-12H,3H2,1-2H3,(H,22,23)(H,24,25)/b14-10+. The Kier molecular flexibility index (Phi) is 5.28. The van der Waals surface area contributed by atoms with Crippen molar-refractivity contribution < 1.29 is 9.90 Å². The van der Waals surface area contributed by atoms with Crippen molar-refractivity contribution in [3.05, 3.63) is 75.7 Å². The molecular weight excluding hydrogens is 346 g/mol. The summed E-state index contributed by atoms with van der Waals surface area (Å²) in [5.74, 6) is -1.00. The monoisotopic (exact) mass is 365 g/mol. The van der Waals surface area contributed by atoms with Gasteiger partial charge < -0.3 is 10.1 Å². The van der Waals surface area contributed by atoms with E-state index in [0.29, 0.717) is 12.0 Å². The Morgan fingerprint density at radius 2 is 1.88 bits per heavy atom. The normalized spacial score (nSPS) is 11.7. The fraction of sp³-hybridized carbons (Fsp3) is 0.143. The zero-order valence-corrected chi connectivity index (χ0v) is 15.4. The molecule has 2 aromatic carbocycles. The smallest absolute Gasteiger partial charge is 0.331 e. The van der Waals surface area contributed by atoms with Crippen LogP contribution in [0.1, 0.15) is 24.6 Å². The molecule has 26 heavy (non-hydrogen) atoms. The zero-order valence-electron chi connectivity index (χ0n) is 14.6. The molecule has 0 aliphatic carbocycles. The van der Waals surface area contributed by atoms with Gasteiger partial charge in [-0.2, -0.15) is 0 Å². The number of benzene rings is 2. The summed E-state index contributed by atoms with van der Waals surface area (Å²) in [6, 6.07) is 16.1. The van der Waals surface area contributed by atoms with Gasteiger partial charge in [-0.3, -0.25) is 4.79 Å². The number of fused-ring (bicyclic) bond motifs is 1. The number of H-pyrrole nitrogens is 1. The minimum Gasteiger partial charge on any atom is -0.478 e. The molecule has 0 saturated carbocycles. The highest BCUT2D eigenvalue weighted by Gasteiger charge is 2.10. The van der Waals surface area contributed by atoms with E-state index in [9.17, 15) is 14.7 Å². The highest BCUT2D eigenvalue weighted by atomic mass is 32.2. The van der Waals surface area contributed by atoms with Crippen LogP contribution in [0.2, 0.25) is 0 Å². The number of rotatable bonds is 5. The molecule has 0 saturated heterocycles. The van der Waals surface area contributed by atoms with Gasteiger partial charge >= 0.3 is 5.97 Å². The Bertz CT molecular complexity index is 1070. The number of carbonyl (C=O) groups is 1. The van der Waals surface area contributed by atoms with Gasteiger partial charge in [-0.15, -0.1) is 0 Å². The third-order valence-electron chi connectivity index (χ3n) is 4.15.